The van der Waals surface area contributed by atoms with Crippen LogP contribution in [0, 0.1) is 11.8 Å². The van der Waals surface area contributed by atoms with Gasteiger partial charge in [-0.2, -0.15) is 0 Å². The summed E-state index contributed by atoms with van der Waals surface area (Å²) < 4.78 is 9.93. The standard InChI is InChI=1S/C17H18Cl2O4/c1-22-13(20)8-23-12-7-10-6-11(9-4-2-3-5-9)17(21)14(10)16(19)15(12)18/h7,9,11H,2-6,8H2,1H3. The van der Waals surface area contributed by atoms with E-state index in [1.165, 1.54) is 20.0 Å². The summed E-state index contributed by atoms with van der Waals surface area (Å²) in [5.41, 5.74) is 1.39. The van der Waals surface area contributed by atoms with Gasteiger partial charge < -0.3 is 9.47 Å². The Morgan fingerprint density at radius 2 is 1.96 bits per heavy atom. The molecule has 124 valence electrons. The summed E-state index contributed by atoms with van der Waals surface area (Å²) in [6.07, 6.45) is 5.24. The molecule has 1 aromatic carbocycles. The van der Waals surface area contributed by atoms with Crippen molar-refractivity contribution in [1.82, 2.24) is 0 Å². The molecule has 1 unspecified atom stereocenters. The number of hydrogen-bond donors (Lipinski definition) is 0. The highest BCUT2D eigenvalue weighted by Crippen LogP contribution is 2.46. The van der Waals surface area contributed by atoms with E-state index in [0.29, 0.717) is 23.7 Å². The highest BCUT2D eigenvalue weighted by atomic mass is 35.5. The zero-order valence-corrected chi connectivity index (χ0v) is 14.4. The van der Waals surface area contributed by atoms with Crippen LogP contribution in [0.4, 0.5) is 0 Å². The Kier molecular flexibility index (Phi) is 4.83. The molecule has 0 heterocycles. The normalized spacial score (nSPS) is 20.7. The van der Waals surface area contributed by atoms with Gasteiger partial charge in [-0.3, -0.25) is 4.79 Å². The van der Waals surface area contributed by atoms with Crippen LogP contribution >= 0.6 is 23.2 Å². The molecule has 0 N–H and O–H groups in total. The molecular weight excluding hydrogens is 339 g/mol. The van der Waals surface area contributed by atoms with Crippen LogP contribution in [-0.2, 0) is 16.0 Å². The molecule has 1 fully saturated rings. The number of carbonyl (C=O) groups is 2. The summed E-state index contributed by atoms with van der Waals surface area (Å²) in [6.45, 7) is -0.245. The summed E-state index contributed by atoms with van der Waals surface area (Å²) in [6, 6.07) is 1.74. The Bertz CT molecular complexity index is 650. The molecule has 3 rings (SSSR count). The van der Waals surface area contributed by atoms with E-state index in [1.807, 2.05) is 0 Å². The minimum Gasteiger partial charge on any atom is -0.480 e. The molecule has 6 heteroatoms. The second-order valence-electron chi connectivity index (χ2n) is 6.12. The number of methoxy groups -OCH3 is 1. The first kappa shape index (κ1) is 16.6. The molecule has 1 aromatic rings. The lowest BCUT2D eigenvalue weighted by molar-refractivity contribution is -0.142. The molecule has 1 saturated carbocycles. The fraction of sp³-hybridized carbons (Fsp3) is 0.529. The number of ketones is 1. The van der Waals surface area contributed by atoms with Crippen LogP contribution in [0.1, 0.15) is 41.6 Å². The number of Topliss-reactive ketones (excluding diaryl/α,β-unsaturated/α-hetero) is 1. The van der Waals surface area contributed by atoms with Crippen molar-refractivity contribution in [3.8, 4) is 5.75 Å². The van der Waals surface area contributed by atoms with Crippen LogP contribution in [0.5, 0.6) is 5.75 Å². The SMILES string of the molecule is COC(=O)COc1cc2c(c(Cl)c1Cl)C(=O)C(C1CCCC1)C2. The van der Waals surface area contributed by atoms with Crippen LogP contribution < -0.4 is 4.74 Å². The monoisotopic (exact) mass is 356 g/mol. The topological polar surface area (TPSA) is 52.6 Å². The van der Waals surface area contributed by atoms with E-state index in [1.54, 1.807) is 6.07 Å². The highest BCUT2D eigenvalue weighted by Gasteiger charge is 2.39. The Morgan fingerprint density at radius 3 is 2.61 bits per heavy atom. The first-order valence-electron chi connectivity index (χ1n) is 7.77. The fourth-order valence-corrected chi connectivity index (χ4v) is 4.15. The molecule has 2 aliphatic rings. The van der Waals surface area contributed by atoms with Crippen molar-refractivity contribution < 1.29 is 19.1 Å². The van der Waals surface area contributed by atoms with E-state index in [9.17, 15) is 9.59 Å². The van der Waals surface area contributed by atoms with E-state index < -0.39 is 5.97 Å². The molecule has 0 amide bonds. The Balaban J connectivity index is 1.87. The number of esters is 1. The van der Waals surface area contributed by atoms with Gasteiger partial charge in [0.1, 0.15) is 10.8 Å². The Hall–Kier alpha value is -1.26. The first-order chi connectivity index (χ1) is 11.0. The summed E-state index contributed by atoms with van der Waals surface area (Å²) in [5.74, 6) is 0.345. The quantitative estimate of drug-likeness (QED) is 0.762. The van der Waals surface area contributed by atoms with Gasteiger partial charge in [0, 0.05) is 11.5 Å². The van der Waals surface area contributed by atoms with Crippen LogP contribution in [0.25, 0.3) is 0 Å². The van der Waals surface area contributed by atoms with Crippen LogP contribution in [0.2, 0.25) is 10.0 Å². The van der Waals surface area contributed by atoms with E-state index in [-0.39, 0.29) is 28.4 Å². The van der Waals surface area contributed by atoms with Crippen molar-refractivity contribution in [3.63, 3.8) is 0 Å². The average molecular weight is 357 g/mol. The van der Waals surface area contributed by atoms with Crippen molar-refractivity contribution >= 4 is 35.0 Å². The molecule has 0 aromatic heterocycles. The van der Waals surface area contributed by atoms with E-state index in [0.717, 1.165) is 18.4 Å². The predicted octanol–water partition coefficient (Wildman–Crippen LogP) is 4.09. The molecule has 0 aliphatic heterocycles. The number of carbonyl (C=O) groups excluding carboxylic acids is 2. The van der Waals surface area contributed by atoms with Gasteiger partial charge in [0.25, 0.3) is 0 Å². The van der Waals surface area contributed by atoms with Gasteiger partial charge in [-0.1, -0.05) is 36.0 Å². The van der Waals surface area contributed by atoms with Crippen molar-refractivity contribution in [2.24, 2.45) is 11.8 Å². The van der Waals surface area contributed by atoms with Gasteiger partial charge in [0.2, 0.25) is 0 Å². The largest absolute Gasteiger partial charge is 0.480 e. The molecule has 0 saturated heterocycles. The minimum atomic E-state index is -0.502. The lowest BCUT2D eigenvalue weighted by atomic mass is 9.88. The maximum absolute atomic E-state index is 12.7. The zero-order chi connectivity index (χ0) is 16.6. The van der Waals surface area contributed by atoms with Crippen molar-refractivity contribution in [2.45, 2.75) is 32.1 Å². The Labute approximate surface area is 145 Å². The summed E-state index contributed by atoms with van der Waals surface area (Å²) in [4.78, 5) is 23.9. The fourth-order valence-electron chi connectivity index (χ4n) is 3.64. The number of rotatable bonds is 4. The molecule has 4 nitrogen and oxygen atoms in total. The average Bonchev–Trinajstić information content (AvgIpc) is 3.17. The lowest BCUT2D eigenvalue weighted by Gasteiger charge is -2.15. The molecule has 1 atom stereocenters. The summed E-state index contributed by atoms with van der Waals surface area (Å²) >= 11 is 12.5. The highest BCUT2D eigenvalue weighted by molar-refractivity contribution is 6.45. The van der Waals surface area contributed by atoms with Crippen LogP contribution in [0.3, 0.4) is 0 Å². The minimum absolute atomic E-state index is 0.00285. The third kappa shape index (κ3) is 3.07. The second kappa shape index (κ2) is 6.70. The molecule has 0 spiro atoms. The van der Waals surface area contributed by atoms with E-state index >= 15 is 0 Å². The summed E-state index contributed by atoms with van der Waals surface area (Å²) in [7, 11) is 1.29. The van der Waals surface area contributed by atoms with Gasteiger partial charge in [-0.05, 0) is 36.8 Å². The molecular formula is C17H18Cl2O4. The van der Waals surface area contributed by atoms with Crippen molar-refractivity contribution in [2.75, 3.05) is 13.7 Å². The maximum Gasteiger partial charge on any atom is 0.343 e. The van der Waals surface area contributed by atoms with Gasteiger partial charge in [-0.15, -0.1) is 0 Å². The molecule has 0 radical (unpaired) electrons. The number of halogens is 2. The second-order valence-corrected chi connectivity index (χ2v) is 6.88. The number of fused-ring (bicyclic) bond motifs is 1. The van der Waals surface area contributed by atoms with Crippen LogP contribution in [0.15, 0.2) is 6.07 Å². The molecule has 0 bridgehead atoms. The predicted molar refractivity (Wildman–Crippen MR) is 87.5 cm³/mol. The number of hydrogen-bond acceptors (Lipinski definition) is 4. The van der Waals surface area contributed by atoms with Crippen molar-refractivity contribution in [3.05, 3.63) is 27.2 Å². The third-order valence-electron chi connectivity index (χ3n) is 4.82. The first-order valence-corrected chi connectivity index (χ1v) is 8.53. The molecule has 2 aliphatic carbocycles. The maximum atomic E-state index is 12.7. The summed E-state index contributed by atoms with van der Waals surface area (Å²) in [5, 5.41) is 0.407. The van der Waals surface area contributed by atoms with Gasteiger partial charge in [-0.25, -0.2) is 4.79 Å². The third-order valence-corrected chi connectivity index (χ3v) is 5.67. The van der Waals surface area contributed by atoms with Crippen molar-refractivity contribution in [1.29, 1.82) is 0 Å². The van der Waals surface area contributed by atoms with Crippen LogP contribution in [-0.4, -0.2) is 25.5 Å². The smallest absolute Gasteiger partial charge is 0.343 e. The number of benzene rings is 1. The molecule has 23 heavy (non-hydrogen) atoms. The zero-order valence-electron chi connectivity index (χ0n) is 12.9. The van der Waals surface area contributed by atoms with E-state index in [4.69, 9.17) is 27.9 Å². The van der Waals surface area contributed by atoms with Gasteiger partial charge in [0.15, 0.2) is 12.4 Å². The van der Waals surface area contributed by atoms with E-state index in [2.05, 4.69) is 4.74 Å². The number of ether oxygens (including phenoxy) is 2. The Morgan fingerprint density at radius 1 is 1.26 bits per heavy atom. The lowest BCUT2D eigenvalue weighted by Crippen LogP contribution is -2.18. The van der Waals surface area contributed by atoms with Gasteiger partial charge >= 0.3 is 5.97 Å². The van der Waals surface area contributed by atoms with Gasteiger partial charge in [0.05, 0.1) is 12.1 Å².